The zero-order valence-corrected chi connectivity index (χ0v) is 17.9. The van der Waals surface area contributed by atoms with E-state index in [0.29, 0.717) is 5.82 Å². The Morgan fingerprint density at radius 3 is 1.56 bits per heavy atom. The van der Waals surface area contributed by atoms with Crippen LogP contribution in [-0.4, -0.2) is 15.2 Å². The molecule has 1 aromatic carbocycles. The van der Waals surface area contributed by atoms with Gasteiger partial charge < -0.3 is 5.73 Å². The van der Waals surface area contributed by atoms with Crippen LogP contribution in [-0.2, 0) is 0 Å². The molecule has 0 aliphatic carbocycles. The molecule has 0 saturated carbocycles. The van der Waals surface area contributed by atoms with Gasteiger partial charge in [0.05, 0.1) is 0 Å². The summed E-state index contributed by atoms with van der Waals surface area (Å²) in [6, 6.07) is 9.71. The fraction of sp³-hybridized carbons (Fsp3) is 0.619. The molecule has 0 spiro atoms. The van der Waals surface area contributed by atoms with Crippen molar-refractivity contribution in [2.75, 3.05) is 5.73 Å². The van der Waals surface area contributed by atoms with Gasteiger partial charge in [0.1, 0.15) is 0 Å². The van der Waals surface area contributed by atoms with Crippen LogP contribution in [0.15, 0.2) is 30.3 Å². The SMILES string of the molecule is CC.CC.CCCC.CCCCC.Nc1n[nH]c(-c2ccccc2)n1. The van der Waals surface area contributed by atoms with Crippen molar-refractivity contribution in [1.29, 1.82) is 0 Å². The molecule has 0 bridgehead atoms. The van der Waals surface area contributed by atoms with E-state index >= 15 is 0 Å². The van der Waals surface area contributed by atoms with Crippen LogP contribution < -0.4 is 5.73 Å². The molecule has 1 heterocycles. The summed E-state index contributed by atoms with van der Waals surface area (Å²) in [6.07, 6.45) is 6.72. The van der Waals surface area contributed by atoms with Gasteiger partial charge in [-0.25, -0.2) is 0 Å². The third-order valence-electron chi connectivity index (χ3n) is 2.76. The van der Waals surface area contributed by atoms with E-state index in [0.717, 1.165) is 5.56 Å². The molecule has 2 aromatic rings. The van der Waals surface area contributed by atoms with Gasteiger partial charge in [-0.3, -0.25) is 5.10 Å². The molecule has 0 aliphatic heterocycles. The minimum Gasteiger partial charge on any atom is -0.366 e. The number of benzene rings is 1. The van der Waals surface area contributed by atoms with Crippen molar-refractivity contribution in [3.05, 3.63) is 30.3 Å². The van der Waals surface area contributed by atoms with E-state index in [2.05, 4.69) is 42.9 Å². The van der Waals surface area contributed by atoms with E-state index in [4.69, 9.17) is 5.73 Å². The predicted molar refractivity (Wildman–Crippen MR) is 115 cm³/mol. The Morgan fingerprint density at radius 1 is 0.800 bits per heavy atom. The Hall–Kier alpha value is -1.84. The number of aromatic nitrogens is 3. The highest BCUT2D eigenvalue weighted by Gasteiger charge is 2.00. The maximum Gasteiger partial charge on any atom is 0.239 e. The summed E-state index contributed by atoms with van der Waals surface area (Å²) >= 11 is 0. The van der Waals surface area contributed by atoms with Crippen LogP contribution in [0.5, 0.6) is 0 Å². The third kappa shape index (κ3) is 18.3. The van der Waals surface area contributed by atoms with E-state index in [-0.39, 0.29) is 5.95 Å². The maximum absolute atomic E-state index is 5.36. The van der Waals surface area contributed by atoms with Crippen molar-refractivity contribution >= 4 is 5.95 Å². The first-order valence-corrected chi connectivity index (χ1v) is 9.92. The fourth-order valence-corrected chi connectivity index (χ4v) is 1.35. The van der Waals surface area contributed by atoms with Crippen molar-refractivity contribution in [1.82, 2.24) is 15.2 Å². The van der Waals surface area contributed by atoms with Crippen molar-refractivity contribution in [2.45, 2.75) is 87.5 Å². The molecule has 0 saturated heterocycles. The smallest absolute Gasteiger partial charge is 0.239 e. The quantitative estimate of drug-likeness (QED) is 0.617. The van der Waals surface area contributed by atoms with E-state index < -0.39 is 0 Å². The number of rotatable bonds is 4. The lowest BCUT2D eigenvalue weighted by molar-refractivity contribution is 0.772. The molecule has 0 atom stereocenters. The number of hydrogen-bond donors (Lipinski definition) is 2. The highest BCUT2D eigenvalue weighted by atomic mass is 15.3. The average molecular weight is 351 g/mol. The lowest BCUT2D eigenvalue weighted by Gasteiger charge is -1.91. The minimum atomic E-state index is 0.272. The number of anilines is 1. The normalized spacial score (nSPS) is 8.16. The standard InChI is InChI=1S/C8H8N4.C5H12.C4H10.2C2H6/c9-8-10-7(11-12-8)6-4-2-1-3-5-6;1-3-5-4-2;1-3-4-2;2*1-2/h1-5H,(H3,9,10,11,12);3-5H2,1-2H3;3-4H2,1-2H3;2*1-2H3. The number of nitrogens with one attached hydrogen (secondary N) is 1. The average Bonchev–Trinajstić information content (AvgIpc) is 3.13. The molecule has 4 nitrogen and oxygen atoms in total. The third-order valence-corrected chi connectivity index (χ3v) is 2.76. The van der Waals surface area contributed by atoms with Crippen LogP contribution in [0.25, 0.3) is 11.4 Å². The van der Waals surface area contributed by atoms with Crippen molar-refractivity contribution < 1.29 is 0 Å². The summed E-state index contributed by atoms with van der Waals surface area (Å²) in [6.45, 7) is 16.8. The summed E-state index contributed by atoms with van der Waals surface area (Å²) in [7, 11) is 0. The number of nitrogens with zero attached hydrogens (tertiary/aromatic N) is 2. The van der Waals surface area contributed by atoms with Crippen molar-refractivity contribution in [3.63, 3.8) is 0 Å². The number of nitrogens with two attached hydrogens (primary N) is 1. The van der Waals surface area contributed by atoms with Crippen LogP contribution >= 0.6 is 0 Å². The highest BCUT2D eigenvalue weighted by molar-refractivity contribution is 5.55. The molecule has 0 radical (unpaired) electrons. The monoisotopic (exact) mass is 350 g/mol. The minimum absolute atomic E-state index is 0.272. The Bertz CT molecular complexity index is 434. The number of nitrogen functional groups attached to an aromatic ring is 1. The zero-order chi connectivity index (χ0) is 19.9. The second-order valence-electron chi connectivity index (χ2n) is 4.76. The molecule has 0 aliphatic rings. The van der Waals surface area contributed by atoms with Gasteiger partial charge in [0.25, 0.3) is 0 Å². The van der Waals surface area contributed by atoms with Crippen LogP contribution in [0.4, 0.5) is 5.95 Å². The molecule has 1 aromatic heterocycles. The second kappa shape index (κ2) is 24.4. The topological polar surface area (TPSA) is 67.6 Å². The molecule has 0 fully saturated rings. The molecule has 3 N–H and O–H groups in total. The van der Waals surface area contributed by atoms with Gasteiger partial charge >= 0.3 is 0 Å². The largest absolute Gasteiger partial charge is 0.366 e. The molecule has 4 heteroatoms. The van der Waals surface area contributed by atoms with Crippen molar-refractivity contribution in [2.24, 2.45) is 0 Å². The van der Waals surface area contributed by atoms with E-state index in [1.807, 2.05) is 58.0 Å². The first kappa shape index (κ1) is 28.0. The highest BCUT2D eigenvalue weighted by Crippen LogP contribution is 2.13. The maximum atomic E-state index is 5.36. The fourth-order valence-electron chi connectivity index (χ4n) is 1.35. The van der Waals surface area contributed by atoms with Gasteiger partial charge in [0.2, 0.25) is 5.95 Å². The Kier molecular flexibility index (Phi) is 27.3. The number of unbranched alkanes of at least 4 members (excludes halogenated alkanes) is 3. The molecule has 146 valence electrons. The number of hydrogen-bond acceptors (Lipinski definition) is 3. The summed E-state index contributed by atoms with van der Waals surface area (Å²) < 4.78 is 0. The summed E-state index contributed by atoms with van der Waals surface area (Å²) in [5, 5.41) is 6.47. The Morgan fingerprint density at radius 2 is 1.28 bits per heavy atom. The van der Waals surface area contributed by atoms with Crippen molar-refractivity contribution in [3.8, 4) is 11.4 Å². The first-order valence-electron chi connectivity index (χ1n) is 9.92. The second-order valence-corrected chi connectivity index (χ2v) is 4.76. The van der Waals surface area contributed by atoms with E-state index in [1.165, 1.54) is 32.1 Å². The van der Waals surface area contributed by atoms with Gasteiger partial charge in [-0.05, 0) is 0 Å². The molecule has 0 unspecified atom stereocenters. The van der Waals surface area contributed by atoms with Gasteiger partial charge in [-0.1, -0.05) is 118 Å². The number of H-pyrrole nitrogens is 1. The van der Waals surface area contributed by atoms with Crippen LogP contribution in [0, 0.1) is 0 Å². The lowest BCUT2D eigenvalue weighted by Crippen LogP contribution is -1.85. The summed E-state index contributed by atoms with van der Waals surface area (Å²) in [5.41, 5.74) is 6.35. The molecular weight excluding hydrogens is 308 g/mol. The summed E-state index contributed by atoms with van der Waals surface area (Å²) in [5.74, 6) is 0.974. The first-order chi connectivity index (χ1) is 12.2. The van der Waals surface area contributed by atoms with Gasteiger partial charge in [0.15, 0.2) is 5.82 Å². The van der Waals surface area contributed by atoms with Crippen LogP contribution in [0.3, 0.4) is 0 Å². The van der Waals surface area contributed by atoms with E-state index in [9.17, 15) is 0 Å². The Balaban J connectivity index is -0.000000315. The zero-order valence-electron chi connectivity index (χ0n) is 17.9. The molecule has 2 rings (SSSR count). The van der Waals surface area contributed by atoms with Gasteiger partial charge in [-0.2, -0.15) is 4.98 Å². The predicted octanol–water partition coefficient (Wildman–Crippen LogP) is 7.11. The van der Waals surface area contributed by atoms with Gasteiger partial charge in [0, 0.05) is 5.56 Å². The summed E-state index contributed by atoms with van der Waals surface area (Å²) in [4.78, 5) is 3.99. The van der Waals surface area contributed by atoms with E-state index in [1.54, 1.807) is 0 Å². The lowest BCUT2D eigenvalue weighted by atomic mass is 10.2. The molecule has 0 amide bonds. The number of aromatic amines is 1. The van der Waals surface area contributed by atoms with Crippen LogP contribution in [0.2, 0.25) is 0 Å². The van der Waals surface area contributed by atoms with Gasteiger partial charge in [-0.15, -0.1) is 5.10 Å². The molecular formula is C21H42N4. The van der Waals surface area contributed by atoms with Crippen LogP contribution in [0.1, 0.15) is 87.5 Å². The molecule has 25 heavy (non-hydrogen) atoms. The Labute approximate surface area is 156 Å².